The van der Waals surface area contributed by atoms with Crippen molar-refractivity contribution in [3.05, 3.63) is 39.4 Å². The maximum Gasteiger partial charge on any atom is 0.258 e. The molecule has 2 aliphatic rings. The van der Waals surface area contributed by atoms with E-state index in [0.717, 1.165) is 32.6 Å². The van der Waals surface area contributed by atoms with Crippen molar-refractivity contribution in [1.29, 1.82) is 0 Å². The van der Waals surface area contributed by atoms with Crippen molar-refractivity contribution >= 4 is 32.3 Å². The minimum atomic E-state index is -2.85. The van der Waals surface area contributed by atoms with Crippen LogP contribution in [0.3, 0.4) is 0 Å². The zero-order valence-electron chi connectivity index (χ0n) is 14.3. The second-order valence-electron chi connectivity index (χ2n) is 7.04. The molecule has 140 valence electrons. The number of aromatic amines is 1. The van der Waals surface area contributed by atoms with E-state index in [1.165, 1.54) is 0 Å². The van der Waals surface area contributed by atoms with E-state index in [4.69, 9.17) is 11.6 Å². The first-order valence-corrected chi connectivity index (χ1v) is 10.9. The normalized spacial score (nSPS) is 24.3. The van der Waals surface area contributed by atoms with Gasteiger partial charge < -0.3 is 4.98 Å². The number of nitrogens with zero attached hydrogens (tertiary/aromatic N) is 3. The third-order valence-corrected chi connectivity index (χ3v) is 7.21. The van der Waals surface area contributed by atoms with Crippen LogP contribution in [0, 0.1) is 0 Å². The third kappa shape index (κ3) is 3.78. The van der Waals surface area contributed by atoms with Crippen molar-refractivity contribution in [2.24, 2.45) is 0 Å². The molecule has 1 aromatic carbocycles. The molecule has 0 saturated carbocycles. The number of benzene rings is 1. The van der Waals surface area contributed by atoms with Gasteiger partial charge in [-0.05, 0) is 24.6 Å². The van der Waals surface area contributed by atoms with Crippen LogP contribution >= 0.6 is 11.6 Å². The van der Waals surface area contributed by atoms with Crippen molar-refractivity contribution in [2.75, 3.05) is 37.7 Å². The fourth-order valence-electron chi connectivity index (χ4n) is 3.80. The molecule has 2 saturated heterocycles. The zero-order chi connectivity index (χ0) is 18.3. The van der Waals surface area contributed by atoms with Crippen molar-refractivity contribution in [3.8, 4) is 0 Å². The number of hydrogen-bond donors (Lipinski definition) is 1. The SMILES string of the molecule is O=c1[nH]c(CN2CCN([C@H]3CCS(=O)(=O)C3)CC2)nc2cc(Cl)ccc12. The van der Waals surface area contributed by atoms with Crippen LogP contribution in [0.25, 0.3) is 10.9 Å². The van der Waals surface area contributed by atoms with Crippen LogP contribution in [0.2, 0.25) is 5.02 Å². The Morgan fingerprint density at radius 2 is 2.00 bits per heavy atom. The molecule has 26 heavy (non-hydrogen) atoms. The monoisotopic (exact) mass is 396 g/mol. The Bertz CT molecular complexity index is 983. The van der Waals surface area contributed by atoms with E-state index in [0.29, 0.717) is 34.0 Å². The standard InChI is InChI=1S/C17H21ClN4O3S/c18-12-1-2-14-15(9-12)19-16(20-17(14)23)10-21-4-6-22(7-5-21)13-3-8-26(24,25)11-13/h1-2,9,13H,3-8,10-11H2,(H,19,20,23)/t13-/m0/s1. The highest BCUT2D eigenvalue weighted by molar-refractivity contribution is 7.91. The van der Waals surface area contributed by atoms with Gasteiger partial charge in [-0.1, -0.05) is 11.6 Å². The van der Waals surface area contributed by atoms with E-state index < -0.39 is 9.84 Å². The molecule has 0 aliphatic carbocycles. The predicted molar refractivity (Wildman–Crippen MR) is 101 cm³/mol. The van der Waals surface area contributed by atoms with Crippen LogP contribution in [0.1, 0.15) is 12.2 Å². The lowest BCUT2D eigenvalue weighted by Crippen LogP contribution is -2.50. The fourth-order valence-corrected chi connectivity index (χ4v) is 5.73. The van der Waals surface area contributed by atoms with Gasteiger partial charge in [-0.3, -0.25) is 14.6 Å². The summed E-state index contributed by atoms with van der Waals surface area (Å²) >= 11 is 6.00. The van der Waals surface area contributed by atoms with E-state index >= 15 is 0 Å². The van der Waals surface area contributed by atoms with E-state index in [-0.39, 0.29) is 17.4 Å². The summed E-state index contributed by atoms with van der Waals surface area (Å²) in [5.74, 6) is 1.22. The van der Waals surface area contributed by atoms with Crippen molar-refractivity contribution < 1.29 is 8.42 Å². The van der Waals surface area contributed by atoms with Gasteiger partial charge in [0, 0.05) is 37.2 Å². The second kappa shape index (κ2) is 6.92. The Balaban J connectivity index is 1.42. The van der Waals surface area contributed by atoms with Crippen LogP contribution in [-0.4, -0.2) is 71.9 Å². The molecule has 2 aliphatic heterocycles. The fraction of sp³-hybridized carbons (Fsp3) is 0.529. The first-order valence-electron chi connectivity index (χ1n) is 8.75. The Labute approximate surface area is 156 Å². The average molecular weight is 397 g/mol. The minimum absolute atomic E-state index is 0.155. The zero-order valence-corrected chi connectivity index (χ0v) is 15.9. The maximum absolute atomic E-state index is 12.2. The first kappa shape index (κ1) is 17.9. The molecular formula is C17H21ClN4O3S. The molecule has 0 radical (unpaired) electrons. The Morgan fingerprint density at radius 3 is 2.69 bits per heavy atom. The highest BCUT2D eigenvalue weighted by Gasteiger charge is 2.33. The molecule has 2 fully saturated rings. The first-order chi connectivity index (χ1) is 12.4. The van der Waals surface area contributed by atoms with Crippen molar-refractivity contribution in [1.82, 2.24) is 19.8 Å². The third-order valence-electron chi connectivity index (χ3n) is 5.22. The van der Waals surface area contributed by atoms with Crippen LogP contribution in [-0.2, 0) is 16.4 Å². The molecule has 2 aromatic rings. The lowest BCUT2D eigenvalue weighted by molar-refractivity contribution is 0.0984. The summed E-state index contributed by atoms with van der Waals surface area (Å²) < 4.78 is 23.3. The summed E-state index contributed by atoms with van der Waals surface area (Å²) in [5, 5.41) is 1.09. The van der Waals surface area contributed by atoms with Gasteiger partial charge >= 0.3 is 0 Å². The molecule has 0 spiro atoms. The molecule has 1 aromatic heterocycles. The van der Waals surface area contributed by atoms with Crippen LogP contribution in [0.5, 0.6) is 0 Å². The molecule has 9 heteroatoms. The summed E-state index contributed by atoms with van der Waals surface area (Å²) in [4.78, 5) is 24.1. The molecular weight excluding hydrogens is 376 g/mol. The van der Waals surface area contributed by atoms with Crippen molar-refractivity contribution in [3.63, 3.8) is 0 Å². The summed E-state index contributed by atoms with van der Waals surface area (Å²) in [6.45, 7) is 3.89. The number of fused-ring (bicyclic) bond motifs is 1. The summed E-state index contributed by atoms with van der Waals surface area (Å²) in [7, 11) is -2.85. The van der Waals surface area contributed by atoms with Crippen LogP contribution < -0.4 is 5.56 Å². The topological polar surface area (TPSA) is 86.4 Å². The number of H-pyrrole nitrogens is 1. The highest BCUT2D eigenvalue weighted by atomic mass is 35.5. The molecule has 0 bridgehead atoms. The van der Waals surface area contributed by atoms with Gasteiger partial charge in [0.15, 0.2) is 9.84 Å². The molecule has 1 atom stereocenters. The van der Waals surface area contributed by atoms with Crippen LogP contribution in [0.15, 0.2) is 23.0 Å². The maximum atomic E-state index is 12.2. The van der Waals surface area contributed by atoms with Crippen LogP contribution in [0.4, 0.5) is 0 Å². The van der Waals surface area contributed by atoms with E-state index in [1.807, 2.05) is 0 Å². The van der Waals surface area contributed by atoms with Gasteiger partial charge in [-0.15, -0.1) is 0 Å². The number of hydrogen-bond acceptors (Lipinski definition) is 6. The molecule has 1 N–H and O–H groups in total. The van der Waals surface area contributed by atoms with E-state index in [9.17, 15) is 13.2 Å². The molecule has 4 rings (SSSR count). The minimum Gasteiger partial charge on any atom is -0.309 e. The average Bonchev–Trinajstić information content (AvgIpc) is 2.95. The Kier molecular flexibility index (Phi) is 4.77. The predicted octanol–water partition coefficient (Wildman–Crippen LogP) is 0.881. The Morgan fingerprint density at radius 1 is 1.23 bits per heavy atom. The summed E-state index contributed by atoms with van der Waals surface area (Å²) in [5.41, 5.74) is 0.447. The lowest BCUT2D eigenvalue weighted by Gasteiger charge is -2.37. The molecule has 0 amide bonds. The highest BCUT2D eigenvalue weighted by Crippen LogP contribution is 2.20. The van der Waals surface area contributed by atoms with Gasteiger partial charge in [0.05, 0.1) is 29.0 Å². The van der Waals surface area contributed by atoms with Gasteiger partial charge in [0.25, 0.3) is 5.56 Å². The number of piperazine rings is 1. The largest absolute Gasteiger partial charge is 0.309 e. The lowest BCUT2D eigenvalue weighted by atomic mass is 10.2. The number of aromatic nitrogens is 2. The Hall–Kier alpha value is -1.48. The molecule has 7 nitrogen and oxygen atoms in total. The smallest absolute Gasteiger partial charge is 0.258 e. The second-order valence-corrected chi connectivity index (χ2v) is 9.71. The van der Waals surface area contributed by atoms with Gasteiger partial charge in [-0.25, -0.2) is 13.4 Å². The van der Waals surface area contributed by atoms with Crippen molar-refractivity contribution in [2.45, 2.75) is 19.0 Å². The number of sulfone groups is 1. The number of halogens is 1. The quantitative estimate of drug-likeness (QED) is 0.828. The van der Waals surface area contributed by atoms with Gasteiger partial charge in [0.2, 0.25) is 0 Å². The summed E-state index contributed by atoms with van der Waals surface area (Å²) in [6, 6.07) is 5.22. The van der Waals surface area contributed by atoms with E-state index in [2.05, 4.69) is 19.8 Å². The molecule has 3 heterocycles. The number of rotatable bonds is 3. The van der Waals surface area contributed by atoms with Gasteiger partial charge in [0.1, 0.15) is 5.82 Å². The summed E-state index contributed by atoms with van der Waals surface area (Å²) in [6.07, 6.45) is 0.739. The molecule has 0 unspecified atom stereocenters. The van der Waals surface area contributed by atoms with Gasteiger partial charge in [-0.2, -0.15) is 0 Å². The number of nitrogens with one attached hydrogen (secondary N) is 1. The van der Waals surface area contributed by atoms with E-state index in [1.54, 1.807) is 18.2 Å².